The highest BCUT2D eigenvalue weighted by Crippen LogP contribution is 1.86. The summed E-state index contributed by atoms with van der Waals surface area (Å²) >= 11 is 0. The molecule has 0 aromatic carbocycles. The fourth-order valence-corrected chi connectivity index (χ4v) is 1.32. The third-order valence-electron chi connectivity index (χ3n) is 2.23. The summed E-state index contributed by atoms with van der Waals surface area (Å²) in [6.45, 7) is 7.04. The number of rotatable bonds is 0. The van der Waals surface area contributed by atoms with Gasteiger partial charge in [0.05, 0.1) is 79.3 Å². The number of ether oxygens (including phenoxy) is 6. The molecule has 0 radical (unpaired) electrons. The van der Waals surface area contributed by atoms with Gasteiger partial charge in [0.25, 0.3) is 0 Å². The van der Waals surface area contributed by atoms with Crippen LogP contribution in [0.1, 0.15) is 0 Å². The van der Waals surface area contributed by atoms with Crippen molar-refractivity contribution in [2.75, 3.05) is 79.3 Å². The molecule has 0 atom stereocenters. The zero-order valence-corrected chi connectivity index (χ0v) is 16.9. The molecule has 0 spiro atoms. The van der Waals surface area contributed by atoms with Crippen LogP contribution >= 0.6 is 0 Å². The van der Waals surface area contributed by atoms with E-state index < -0.39 is 0 Å². The average Bonchev–Trinajstić information content (AvgIpc) is 2.39. The second-order valence-electron chi connectivity index (χ2n) is 3.67. The van der Waals surface area contributed by atoms with Gasteiger partial charge in [-0.05, 0) is 0 Å². The first-order chi connectivity index (χ1) is 9.00. The van der Waals surface area contributed by atoms with Crippen LogP contribution in [-0.4, -0.2) is 145 Å². The molecule has 1 rings (SSSR count). The maximum Gasteiger partial charge on any atom is 0.0701 e. The lowest BCUT2D eigenvalue weighted by molar-refractivity contribution is -0.0334. The van der Waals surface area contributed by atoms with Gasteiger partial charge in [-0.3, -0.25) is 0 Å². The second-order valence-corrected chi connectivity index (χ2v) is 3.67. The topological polar surface area (TPSA) is 433 Å². The summed E-state index contributed by atoms with van der Waals surface area (Å²) in [5, 5.41) is 0. The molecule has 1 heterocycles. The van der Waals surface area contributed by atoms with Gasteiger partial charge < -0.3 is 94.1 Å². The summed E-state index contributed by atoms with van der Waals surface area (Å²) in [7, 11) is 0. The highest BCUT2D eigenvalue weighted by atomic mass is 16.6. The molecule has 1 aliphatic heterocycles. The summed E-state index contributed by atoms with van der Waals surface area (Å²) in [6, 6.07) is 0. The van der Waals surface area contributed by atoms with E-state index in [2.05, 4.69) is 0 Å². The molecule has 0 bridgehead atoms. The summed E-state index contributed by atoms with van der Waals surface area (Å²) in [5.41, 5.74) is 0. The van der Waals surface area contributed by atoms with Gasteiger partial charge in [0.1, 0.15) is 0 Å². The first-order valence-electron chi connectivity index (χ1n) is 6.46. The largest absolute Gasteiger partial charge is 0.412 e. The first kappa shape index (κ1) is 78.4. The van der Waals surface area contributed by atoms with E-state index in [-0.39, 0.29) is 65.7 Å². The van der Waals surface area contributed by atoms with E-state index in [1.165, 1.54) is 0 Å². The maximum absolute atomic E-state index is 5.33. The standard InChI is InChI=1S/C12H24O6.12H2O/c1-2-14-5-6-16-9-10-18-12-11-17-8-7-15-4-3-13-1;;;;;;;;;;;;/h1-12H2;12*1H2. The van der Waals surface area contributed by atoms with Gasteiger partial charge in [0.15, 0.2) is 0 Å². The van der Waals surface area contributed by atoms with E-state index in [0.717, 1.165) is 0 Å². The molecule has 1 aliphatic rings. The lowest BCUT2D eigenvalue weighted by Crippen LogP contribution is -2.16. The van der Waals surface area contributed by atoms with Crippen LogP contribution in [-0.2, 0) is 28.4 Å². The van der Waals surface area contributed by atoms with Crippen LogP contribution in [0.15, 0.2) is 0 Å². The third-order valence-corrected chi connectivity index (χ3v) is 2.23. The molecule has 0 aliphatic carbocycles. The molecule has 0 unspecified atom stereocenters. The van der Waals surface area contributed by atoms with Gasteiger partial charge in [-0.15, -0.1) is 0 Å². The van der Waals surface area contributed by atoms with Crippen LogP contribution in [0.25, 0.3) is 0 Å². The molecule has 0 aromatic heterocycles. The van der Waals surface area contributed by atoms with E-state index >= 15 is 0 Å². The van der Waals surface area contributed by atoms with Crippen LogP contribution in [0.3, 0.4) is 0 Å². The molecule has 30 heavy (non-hydrogen) atoms. The lowest BCUT2D eigenvalue weighted by Gasteiger charge is -2.09. The summed E-state index contributed by atoms with van der Waals surface area (Å²) in [5.74, 6) is 0. The van der Waals surface area contributed by atoms with Gasteiger partial charge >= 0.3 is 0 Å². The van der Waals surface area contributed by atoms with Crippen molar-refractivity contribution in [3.05, 3.63) is 0 Å². The Labute approximate surface area is 174 Å². The summed E-state index contributed by atoms with van der Waals surface area (Å²) < 4.78 is 32.0. The van der Waals surface area contributed by atoms with Crippen LogP contribution in [0.2, 0.25) is 0 Å². The number of hydrogen-bond donors (Lipinski definition) is 0. The minimum atomic E-state index is 0. The zero-order chi connectivity index (χ0) is 12.7. The number of hydrogen-bond acceptors (Lipinski definition) is 6. The van der Waals surface area contributed by atoms with Crippen molar-refractivity contribution in [2.24, 2.45) is 0 Å². The zero-order valence-electron chi connectivity index (χ0n) is 16.9. The Hall–Kier alpha value is -0.720. The SMILES string of the molecule is C1COCCOCCOCCOCCOCCO1.O.O.O.O.O.O.O.O.O.O.O.O. The predicted molar refractivity (Wildman–Crippen MR) is 108 cm³/mol. The Bertz CT molecular complexity index is 104. The lowest BCUT2D eigenvalue weighted by atomic mass is 10.6. The van der Waals surface area contributed by atoms with E-state index in [1.54, 1.807) is 0 Å². The van der Waals surface area contributed by atoms with Crippen molar-refractivity contribution in [2.45, 2.75) is 0 Å². The molecule has 1 fully saturated rings. The Morgan fingerprint density at radius 3 is 0.300 bits per heavy atom. The van der Waals surface area contributed by atoms with Crippen molar-refractivity contribution < 1.29 is 94.1 Å². The summed E-state index contributed by atoms with van der Waals surface area (Å²) in [6.07, 6.45) is 0. The van der Waals surface area contributed by atoms with E-state index in [1.807, 2.05) is 0 Å². The molecule has 0 aromatic rings. The molecule has 204 valence electrons. The molecule has 0 saturated carbocycles. The molecular formula is C12H48O18. The predicted octanol–water partition coefficient (Wildman–Crippen LogP) is -9.80. The fraction of sp³-hybridized carbons (Fsp3) is 1.00. The van der Waals surface area contributed by atoms with Crippen molar-refractivity contribution in [3.8, 4) is 0 Å². The van der Waals surface area contributed by atoms with Gasteiger partial charge in [0.2, 0.25) is 0 Å². The normalized spacial score (nSPS) is 14.4. The minimum absolute atomic E-state index is 0. The monoisotopic (exact) mass is 480 g/mol. The molecule has 18 nitrogen and oxygen atoms in total. The van der Waals surface area contributed by atoms with Crippen LogP contribution in [0, 0.1) is 0 Å². The Morgan fingerprint density at radius 1 is 0.167 bits per heavy atom. The Kier molecular flexibility index (Phi) is 184. The Balaban J connectivity index is -0.0000000270. The van der Waals surface area contributed by atoms with Crippen LogP contribution in [0.5, 0.6) is 0 Å². The van der Waals surface area contributed by atoms with Gasteiger partial charge in [0, 0.05) is 0 Å². The highest BCUT2D eigenvalue weighted by Gasteiger charge is 1.95. The van der Waals surface area contributed by atoms with Gasteiger partial charge in [-0.2, -0.15) is 0 Å². The van der Waals surface area contributed by atoms with Crippen molar-refractivity contribution >= 4 is 0 Å². The fourth-order valence-electron chi connectivity index (χ4n) is 1.32. The molecule has 1 saturated heterocycles. The Morgan fingerprint density at radius 2 is 0.233 bits per heavy atom. The van der Waals surface area contributed by atoms with E-state index in [0.29, 0.717) is 79.3 Å². The molecular weight excluding hydrogens is 432 g/mol. The summed E-state index contributed by atoms with van der Waals surface area (Å²) in [4.78, 5) is 0. The van der Waals surface area contributed by atoms with Crippen molar-refractivity contribution in [3.63, 3.8) is 0 Å². The van der Waals surface area contributed by atoms with Crippen molar-refractivity contribution in [1.82, 2.24) is 0 Å². The van der Waals surface area contributed by atoms with Gasteiger partial charge in [-0.25, -0.2) is 0 Å². The maximum atomic E-state index is 5.33. The van der Waals surface area contributed by atoms with Crippen LogP contribution in [0.4, 0.5) is 0 Å². The average molecular weight is 480 g/mol. The third kappa shape index (κ3) is 63.1. The smallest absolute Gasteiger partial charge is 0.0701 e. The minimum Gasteiger partial charge on any atom is -0.412 e. The quantitative estimate of drug-likeness (QED) is 0.323. The first-order valence-corrected chi connectivity index (χ1v) is 6.46. The van der Waals surface area contributed by atoms with Gasteiger partial charge in [-0.1, -0.05) is 0 Å². The van der Waals surface area contributed by atoms with Crippen LogP contribution < -0.4 is 0 Å². The molecule has 24 N–H and O–H groups in total. The molecule has 18 heteroatoms. The molecule has 0 amide bonds. The van der Waals surface area contributed by atoms with E-state index in [4.69, 9.17) is 28.4 Å². The highest BCUT2D eigenvalue weighted by molar-refractivity contribution is 4.38. The second kappa shape index (κ2) is 70.5. The van der Waals surface area contributed by atoms with E-state index in [9.17, 15) is 0 Å². The van der Waals surface area contributed by atoms with Crippen molar-refractivity contribution in [1.29, 1.82) is 0 Å².